The second-order valence-corrected chi connectivity index (χ2v) is 5.19. The van der Waals surface area contributed by atoms with Crippen LogP contribution in [0.1, 0.15) is 51.2 Å². The quantitative estimate of drug-likeness (QED) is 0.819. The van der Waals surface area contributed by atoms with Crippen LogP contribution >= 0.6 is 0 Å². The van der Waals surface area contributed by atoms with Gasteiger partial charge in [-0.25, -0.2) is 0 Å². The van der Waals surface area contributed by atoms with Gasteiger partial charge in [0, 0.05) is 6.54 Å². The highest BCUT2D eigenvalue weighted by Gasteiger charge is 2.20. The third-order valence-corrected chi connectivity index (χ3v) is 3.41. The number of hydrogen-bond acceptors (Lipinski definition) is 2. The van der Waals surface area contributed by atoms with E-state index in [0.29, 0.717) is 19.1 Å². The van der Waals surface area contributed by atoms with Crippen LogP contribution in [0.3, 0.4) is 0 Å². The molecule has 1 atom stereocenters. The van der Waals surface area contributed by atoms with Gasteiger partial charge in [-0.3, -0.25) is 0 Å². The molecule has 0 aromatic heterocycles. The van der Waals surface area contributed by atoms with E-state index in [4.69, 9.17) is 10.5 Å². The van der Waals surface area contributed by atoms with Crippen LogP contribution in [-0.4, -0.2) is 12.1 Å². The first kappa shape index (κ1) is 14.2. The lowest BCUT2D eigenvalue weighted by molar-refractivity contribution is -0.0387. The summed E-state index contributed by atoms with van der Waals surface area (Å²) in [5, 5.41) is 0. The molecular weight excluding hydrogens is 210 g/mol. The Kier molecular flexibility index (Phi) is 5.16. The van der Waals surface area contributed by atoms with Crippen LogP contribution in [0.15, 0.2) is 24.3 Å². The Bertz CT molecular complexity index is 325. The Balaban J connectivity index is 2.58. The fourth-order valence-corrected chi connectivity index (χ4v) is 1.56. The highest BCUT2D eigenvalue weighted by Crippen LogP contribution is 2.18. The van der Waals surface area contributed by atoms with Crippen molar-refractivity contribution in [3.05, 3.63) is 35.4 Å². The maximum atomic E-state index is 5.89. The van der Waals surface area contributed by atoms with Gasteiger partial charge in [0.15, 0.2) is 0 Å². The van der Waals surface area contributed by atoms with Crippen molar-refractivity contribution in [1.29, 1.82) is 0 Å². The molecule has 1 rings (SSSR count). The highest BCUT2D eigenvalue weighted by atomic mass is 16.5. The average molecular weight is 235 g/mol. The summed E-state index contributed by atoms with van der Waals surface area (Å²) < 4.78 is 5.89. The molecule has 96 valence electrons. The van der Waals surface area contributed by atoms with E-state index in [1.807, 2.05) is 0 Å². The van der Waals surface area contributed by atoms with Gasteiger partial charge in [-0.1, -0.05) is 45.0 Å². The topological polar surface area (TPSA) is 35.2 Å². The first-order valence-electron chi connectivity index (χ1n) is 6.43. The average Bonchev–Trinajstić information content (AvgIpc) is 2.36. The fraction of sp³-hybridized carbons (Fsp3) is 0.600. The number of nitrogens with two attached hydrogens (primary N) is 1. The number of hydrogen-bond donors (Lipinski definition) is 1. The summed E-state index contributed by atoms with van der Waals surface area (Å²) in [6, 6.07) is 8.63. The summed E-state index contributed by atoms with van der Waals surface area (Å²) in [7, 11) is 0. The van der Waals surface area contributed by atoms with Gasteiger partial charge in [0.2, 0.25) is 0 Å². The van der Waals surface area contributed by atoms with Crippen LogP contribution in [-0.2, 0) is 11.3 Å². The first-order valence-corrected chi connectivity index (χ1v) is 6.43. The van der Waals surface area contributed by atoms with Gasteiger partial charge in [0.1, 0.15) is 0 Å². The highest BCUT2D eigenvalue weighted by molar-refractivity contribution is 5.24. The summed E-state index contributed by atoms with van der Waals surface area (Å²) in [5.41, 5.74) is 8.10. The van der Waals surface area contributed by atoms with Gasteiger partial charge in [-0.15, -0.1) is 0 Å². The third kappa shape index (κ3) is 4.14. The van der Waals surface area contributed by atoms with Crippen LogP contribution in [0.5, 0.6) is 0 Å². The van der Waals surface area contributed by atoms with E-state index < -0.39 is 0 Å². The molecule has 0 bridgehead atoms. The SMILES string of the molecule is CCC(C)(CN)OCc1ccc(C(C)C)cc1. The molecule has 0 spiro atoms. The molecule has 0 heterocycles. The maximum Gasteiger partial charge on any atom is 0.0778 e. The maximum absolute atomic E-state index is 5.89. The van der Waals surface area contributed by atoms with Crippen LogP contribution in [0, 0.1) is 0 Å². The molecule has 0 aliphatic rings. The number of rotatable bonds is 6. The molecule has 2 heteroatoms. The zero-order valence-corrected chi connectivity index (χ0v) is 11.5. The molecule has 0 radical (unpaired) electrons. The molecule has 0 saturated carbocycles. The number of ether oxygens (including phenoxy) is 1. The number of benzene rings is 1. The van der Waals surface area contributed by atoms with E-state index in [9.17, 15) is 0 Å². The lowest BCUT2D eigenvalue weighted by Gasteiger charge is -2.27. The van der Waals surface area contributed by atoms with Gasteiger partial charge in [0.05, 0.1) is 12.2 Å². The molecule has 2 nitrogen and oxygen atoms in total. The second kappa shape index (κ2) is 6.18. The zero-order valence-electron chi connectivity index (χ0n) is 11.5. The molecule has 0 fully saturated rings. The lowest BCUT2D eigenvalue weighted by atomic mass is 10.0. The molecule has 1 aromatic carbocycles. The van der Waals surface area contributed by atoms with Crippen molar-refractivity contribution in [3.8, 4) is 0 Å². The van der Waals surface area contributed by atoms with Crippen LogP contribution in [0.4, 0.5) is 0 Å². The van der Waals surface area contributed by atoms with Gasteiger partial charge < -0.3 is 10.5 Å². The van der Waals surface area contributed by atoms with Crippen molar-refractivity contribution in [2.75, 3.05) is 6.54 Å². The Morgan fingerprint density at radius 1 is 1.24 bits per heavy atom. The normalized spacial score (nSPS) is 14.9. The molecule has 0 aliphatic carbocycles. The summed E-state index contributed by atoms with van der Waals surface area (Å²) in [4.78, 5) is 0. The van der Waals surface area contributed by atoms with Crippen molar-refractivity contribution in [2.45, 2.75) is 52.2 Å². The van der Waals surface area contributed by atoms with Crippen LogP contribution in [0.25, 0.3) is 0 Å². The van der Waals surface area contributed by atoms with E-state index in [1.165, 1.54) is 11.1 Å². The van der Waals surface area contributed by atoms with E-state index in [2.05, 4.69) is 52.0 Å². The van der Waals surface area contributed by atoms with Crippen LogP contribution < -0.4 is 5.73 Å². The molecule has 1 aromatic rings. The molecular formula is C15H25NO. The zero-order chi connectivity index (χ0) is 12.9. The molecule has 17 heavy (non-hydrogen) atoms. The molecule has 1 unspecified atom stereocenters. The summed E-state index contributed by atoms with van der Waals surface area (Å²) in [6.07, 6.45) is 0.938. The monoisotopic (exact) mass is 235 g/mol. The minimum atomic E-state index is -0.198. The van der Waals surface area contributed by atoms with Crippen molar-refractivity contribution in [2.24, 2.45) is 5.73 Å². The second-order valence-electron chi connectivity index (χ2n) is 5.19. The molecule has 0 amide bonds. The van der Waals surface area contributed by atoms with Crippen LogP contribution in [0.2, 0.25) is 0 Å². The summed E-state index contributed by atoms with van der Waals surface area (Å²) in [5.74, 6) is 0.579. The van der Waals surface area contributed by atoms with E-state index >= 15 is 0 Å². The van der Waals surface area contributed by atoms with Crippen molar-refractivity contribution < 1.29 is 4.74 Å². The van der Waals surface area contributed by atoms with Crippen molar-refractivity contribution >= 4 is 0 Å². The first-order chi connectivity index (χ1) is 8.00. The molecule has 0 aliphatic heterocycles. The van der Waals surface area contributed by atoms with E-state index in [0.717, 1.165) is 6.42 Å². The smallest absolute Gasteiger partial charge is 0.0778 e. The van der Waals surface area contributed by atoms with Crippen molar-refractivity contribution in [1.82, 2.24) is 0 Å². The predicted octanol–water partition coefficient (Wildman–Crippen LogP) is 3.45. The third-order valence-electron chi connectivity index (χ3n) is 3.41. The lowest BCUT2D eigenvalue weighted by Crippen LogP contribution is -2.36. The standard InChI is InChI=1S/C15H25NO/c1-5-15(4,11-16)17-10-13-6-8-14(9-7-13)12(2)3/h6-9,12H,5,10-11,16H2,1-4H3. The Morgan fingerprint density at radius 2 is 1.82 bits per heavy atom. The Labute approximate surface area is 105 Å². The summed E-state index contributed by atoms with van der Waals surface area (Å²) >= 11 is 0. The summed E-state index contributed by atoms with van der Waals surface area (Å²) in [6.45, 7) is 9.78. The largest absolute Gasteiger partial charge is 0.369 e. The van der Waals surface area contributed by atoms with E-state index in [1.54, 1.807) is 0 Å². The molecule has 2 N–H and O–H groups in total. The van der Waals surface area contributed by atoms with Crippen molar-refractivity contribution in [3.63, 3.8) is 0 Å². The predicted molar refractivity (Wildman–Crippen MR) is 73.1 cm³/mol. The fourth-order valence-electron chi connectivity index (χ4n) is 1.56. The van der Waals surface area contributed by atoms with Gasteiger partial charge in [-0.2, -0.15) is 0 Å². The minimum Gasteiger partial charge on any atom is -0.369 e. The Morgan fingerprint density at radius 3 is 2.24 bits per heavy atom. The van der Waals surface area contributed by atoms with Gasteiger partial charge >= 0.3 is 0 Å². The van der Waals surface area contributed by atoms with Gasteiger partial charge in [0.25, 0.3) is 0 Å². The van der Waals surface area contributed by atoms with Gasteiger partial charge in [-0.05, 0) is 30.4 Å². The molecule has 0 saturated heterocycles. The van der Waals surface area contributed by atoms with E-state index in [-0.39, 0.29) is 5.60 Å². The Hall–Kier alpha value is -0.860. The minimum absolute atomic E-state index is 0.198.